The molecule has 2 heterocycles. The third-order valence-corrected chi connectivity index (χ3v) is 3.60. The molecule has 2 rings (SSSR count). The maximum atomic E-state index is 12.3. The Hall–Kier alpha value is -1.27. The molecule has 5 nitrogen and oxygen atoms in total. The first-order valence-corrected chi connectivity index (χ1v) is 6.95. The van der Waals surface area contributed by atoms with Crippen LogP contribution in [-0.2, 0) is 14.0 Å². The molecule has 1 saturated heterocycles. The summed E-state index contributed by atoms with van der Waals surface area (Å²) in [6, 6.07) is -0.274. The van der Waals surface area contributed by atoms with Crippen LogP contribution in [0.1, 0.15) is 52.6 Å². The van der Waals surface area contributed by atoms with Crippen LogP contribution in [-0.4, -0.2) is 34.6 Å². The normalized spacial score (nSPS) is 22.6. The van der Waals surface area contributed by atoms with E-state index in [2.05, 4.69) is 0 Å². The first-order valence-electron chi connectivity index (χ1n) is 8.45. The van der Waals surface area contributed by atoms with Crippen LogP contribution in [0.15, 0.2) is 18.4 Å². The van der Waals surface area contributed by atoms with E-state index < -0.39 is 36.2 Å². The van der Waals surface area contributed by atoms with Crippen molar-refractivity contribution in [1.82, 2.24) is 4.57 Å². The van der Waals surface area contributed by atoms with Crippen molar-refractivity contribution in [3.05, 3.63) is 18.4 Å². The maximum Gasteiger partial charge on any atom is 0.496 e. The van der Waals surface area contributed by atoms with Crippen molar-refractivity contribution < 1.29 is 23.0 Å². The highest BCUT2D eigenvalue weighted by Crippen LogP contribution is 2.36. The standard InChI is InChI=1S/C15H24BNO4/c1-13(2,3)19-12(18)17-9-8-11(10-17)16-20-14(4,5)15(6,7)21-16/h8-10H,1-7H3/i8D,9D,10D. The second-order valence-corrected chi connectivity index (χ2v) is 7.17. The van der Waals surface area contributed by atoms with Gasteiger partial charge >= 0.3 is 13.2 Å². The predicted molar refractivity (Wildman–Crippen MR) is 81.8 cm³/mol. The van der Waals surface area contributed by atoms with Gasteiger partial charge in [0.25, 0.3) is 0 Å². The topological polar surface area (TPSA) is 49.7 Å². The van der Waals surface area contributed by atoms with Crippen molar-refractivity contribution in [1.29, 1.82) is 0 Å². The average molecular weight is 296 g/mol. The van der Waals surface area contributed by atoms with Crippen molar-refractivity contribution in [2.45, 2.75) is 65.3 Å². The van der Waals surface area contributed by atoms with E-state index in [0.717, 1.165) is 4.57 Å². The van der Waals surface area contributed by atoms with E-state index in [-0.39, 0.29) is 17.7 Å². The van der Waals surface area contributed by atoms with Crippen molar-refractivity contribution in [2.75, 3.05) is 0 Å². The molecule has 1 aliphatic rings. The van der Waals surface area contributed by atoms with Gasteiger partial charge in [0.2, 0.25) is 0 Å². The number of hydrogen-bond acceptors (Lipinski definition) is 4. The van der Waals surface area contributed by atoms with E-state index in [0.29, 0.717) is 0 Å². The lowest BCUT2D eigenvalue weighted by Gasteiger charge is -2.32. The first-order chi connectivity index (χ1) is 10.7. The number of hydrogen-bond donors (Lipinski definition) is 0. The third-order valence-electron chi connectivity index (χ3n) is 3.60. The van der Waals surface area contributed by atoms with Gasteiger partial charge in [-0.15, -0.1) is 0 Å². The van der Waals surface area contributed by atoms with Crippen LogP contribution in [0.3, 0.4) is 0 Å². The van der Waals surface area contributed by atoms with Gasteiger partial charge in [-0.1, -0.05) is 0 Å². The summed E-state index contributed by atoms with van der Waals surface area (Å²) in [6.45, 7) is 12.5. The van der Waals surface area contributed by atoms with Crippen molar-refractivity contribution >= 4 is 18.7 Å². The second kappa shape index (κ2) is 4.88. The van der Waals surface area contributed by atoms with Gasteiger partial charge in [-0.25, -0.2) is 4.79 Å². The lowest BCUT2D eigenvalue weighted by Crippen LogP contribution is -2.41. The largest absolute Gasteiger partial charge is 0.496 e. The Morgan fingerprint density at radius 2 is 1.81 bits per heavy atom. The predicted octanol–water partition coefficient (Wildman–Crippen LogP) is 2.57. The molecule has 0 radical (unpaired) electrons. The summed E-state index contributed by atoms with van der Waals surface area (Å²) in [5, 5.41) is 0. The minimum absolute atomic E-state index is 0.0597. The molecule has 116 valence electrons. The SMILES string of the molecule is [2H]c1c(B2OC(C)(C)C(C)(C)O2)c([2H])n(C(=O)OC(C)(C)C)c1[2H]. The van der Waals surface area contributed by atoms with E-state index in [1.807, 2.05) is 27.7 Å². The zero-order valence-corrected chi connectivity index (χ0v) is 13.7. The van der Waals surface area contributed by atoms with Crippen LogP contribution < -0.4 is 5.46 Å². The quantitative estimate of drug-likeness (QED) is 0.747. The van der Waals surface area contributed by atoms with Gasteiger partial charge in [-0.3, -0.25) is 4.57 Å². The fourth-order valence-electron chi connectivity index (χ4n) is 1.76. The number of rotatable bonds is 1. The van der Waals surface area contributed by atoms with Gasteiger partial charge in [-0.2, -0.15) is 0 Å². The fourth-order valence-corrected chi connectivity index (χ4v) is 1.76. The van der Waals surface area contributed by atoms with Crippen LogP contribution in [0.5, 0.6) is 0 Å². The molecule has 0 spiro atoms. The lowest BCUT2D eigenvalue weighted by atomic mass is 9.81. The zero-order valence-electron chi connectivity index (χ0n) is 16.7. The molecule has 1 fully saturated rings. The van der Waals surface area contributed by atoms with Gasteiger partial charge in [0.15, 0.2) is 0 Å². The highest BCUT2D eigenvalue weighted by atomic mass is 16.7. The summed E-state index contributed by atoms with van der Waals surface area (Å²) in [5.41, 5.74) is -2.00. The Kier molecular flexibility index (Phi) is 2.86. The summed E-state index contributed by atoms with van der Waals surface area (Å²) in [5.74, 6) is 0. The van der Waals surface area contributed by atoms with Crippen LogP contribution in [0.4, 0.5) is 4.79 Å². The summed E-state index contributed by atoms with van der Waals surface area (Å²) in [7, 11) is -0.984. The van der Waals surface area contributed by atoms with Gasteiger partial charge in [0.1, 0.15) is 5.60 Å². The van der Waals surface area contributed by atoms with Gasteiger partial charge < -0.3 is 14.0 Å². The molecule has 0 N–H and O–H groups in total. The molecule has 0 atom stereocenters. The Balaban J connectivity index is 2.45. The highest BCUT2D eigenvalue weighted by Gasteiger charge is 2.51. The Bertz CT molecular complexity index is 663. The molecule has 0 saturated carbocycles. The molecule has 0 aromatic carbocycles. The Morgan fingerprint density at radius 3 is 2.29 bits per heavy atom. The minimum Gasteiger partial charge on any atom is -0.443 e. The summed E-state index contributed by atoms with van der Waals surface area (Å²) >= 11 is 0. The molecular formula is C15H24BNO4. The van der Waals surface area contributed by atoms with Crippen LogP contribution in [0, 0.1) is 0 Å². The van der Waals surface area contributed by atoms with Crippen LogP contribution in [0.25, 0.3) is 0 Å². The Morgan fingerprint density at radius 1 is 1.29 bits per heavy atom. The minimum atomic E-state index is -0.984. The molecule has 1 aromatic rings. The maximum absolute atomic E-state index is 12.3. The van der Waals surface area contributed by atoms with Crippen LogP contribution in [0.2, 0.25) is 0 Å². The molecule has 6 heteroatoms. The molecule has 1 aliphatic heterocycles. The Labute approximate surface area is 130 Å². The first kappa shape index (κ1) is 12.3. The van der Waals surface area contributed by atoms with Crippen molar-refractivity contribution in [2.24, 2.45) is 0 Å². The summed E-state index contributed by atoms with van der Waals surface area (Å²) in [4.78, 5) is 12.3. The highest BCUT2D eigenvalue weighted by molar-refractivity contribution is 6.62. The summed E-state index contributed by atoms with van der Waals surface area (Å²) < 4.78 is 42.0. The van der Waals surface area contributed by atoms with E-state index in [9.17, 15) is 4.79 Å². The average Bonchev–Trinajstić information content (AvgIpc) is 2.68. The van der Waals surface area contributed by atoms with E-state index in [1.165, 1.54) is 0 Å². The number of carbonyl (C=O) groups excluding carboxylic acids is 1. The lowest BCUT2D eigenvalue weighted by molar-refractivity contribution is 0.00578. The number of nitrogens with zero attached hydrogens (tertiary/aromatic N) is 1. The fraction of sp³-hybridized carbons (Fsp3) is 0.667. The third kappa shape index (κ3) is 3.32. The molecular weight excluding hydrogens is 269 g/mol. The molecule has 0 amide bonds. The molecule has 0 unspecified atom stereocenters. The molecule has 0 bridgehead atoms. The van der Waals surface area contributed by atoms with Gasteiger partial charge in [0.05, 0.1) is 15.3 Å². The van der Waals surface area contributed by atoms with E-state index in [1.54, 1.807) is 20.8 Å². The number of ether oxygens (including phenoxy) is 1. The van der Waals surface area contributed by atoms with Crippen LogP contribution >= 0.6 is 0 Å². The zero-order chi connectivity index (χ0) is 18.7. The molecule has 21 heavy (non-hydrogen) atoms. The number of carbonyl (C=O) groups is 1. The smallest absolute Gasteiger partial charge is 0.443 e. The van der Waals surface area contributed by atoms with E-state index in [4.69, 9.17) is 18.2 Å². The van der Waals surface area contributed by atoms with E-state index >= 15 is 0 Å². The second-order valence-electron chi connectivity index (χ2n) is 7.17. The molecule has 0 aliphatic carbocycles. The monoisotopic (exact) mass is 296 g/mol. The summed E-state index contributed by atoms with van der Waals surface area (Å²) in [6.07, 6.45) is -1.61. The molecule has 1 aromatic heterocycles. The van der Waals surface area contributed by atoms with Gasteiger partial charge in [0, 0.05) is 17.8 Å². The van der Waals surface area contributed by atoms with Crippen molar-refractivity contribution in [3.63, 3.8) is 0 Å². The number of aromatic nitrogens is 1. The van der Waals surface area contributed by atoms with Crippen molar-refractivity contribution in [3.8, 4) is 0 Å². The van der Waals surface area contributed by atoms with Gasteiger partial charge in [-0.05, 0) is 54.5 Å².